The quantitative estimate of drug-likeness (QED) is 0.372. The highest BCUT2D eigenvalue weighted by molar-refractivity contribution is 6.07. The number of carbonyl (C=O) groups is 4. The van der Waals surface area contributed by atoms with Gasteiger partial charge in [0.05, 0.1) is 0 Å². The molecule has 0 aromatic heterocycles. The second-order valence-electron chi connectivity index (χ2n) is 11.0. The molecule has 1 atom stereocenters. The zero-order chi connectivity index (χ0) is 22.9. The van der Waals surface area contributed by atoms with Crippen molar-refractivity contribution in [3.63, 3.8) is 0 Å². The van der Waals surface area contributed by atoms with Crippen molar-refractivity contribution in [2.75, 3.05) is 6.54 Å². The molecule has 3 N–H and O–H groups in total. The number of rotatable bonds is 9. The van der Waals surface area contributed by atoms with E-state index in [1.165, 1.54) is 19.3 Å². The Morgan fingerprint density at radius 2 is 1.66 bits per heavy atom. The summed E-state index contributed by atoms with van der Waals surface area (Å²) in [6.45, 7) is 3.85. The van der Waals surface area contributed by atoms with Gasteiger partial charge in [0, 0.05) is 18.5 Å². The molecule has 6 amide bonds. The Morgan fingerprint density at radius 3 is 2.25 bits per heavy atom. The SMILES string of the molecule is CCCCCCC1(C)NC(=O)N(CCC(=O)NC(=O)NC23CC4CC(CC(C4)C2)C3)C1=O. The number of nitrogens with one attached hydrogen (secondary N) is 3. The van der Waals surface area contributed by atoms with Crippen LogP contribution in [0.25, 0.3) is 0 Å². The minimum atomic E-state index is -0.906. The molecule has 5 fully saturated rings. The van der Waals surface area contributed by atoms with Gasteiger partial charge >= 0.3 is 12.1 Å². The topological polar surface area (TPSA) is 108 Å². The lowest BCUT2D eigenvalue weighted by molar-refractivity contribution is -0.131. The maximum atomic E-state index is 12.8. The molecule has 4 saturated carbocycles. The van der Waals surface area contributed by atoms with Gasteiger partial charge in [-0.05, 0) is 69.6 Å². The molecular weight excluding hydrogens is 408 g/mol. The molecule has 1 unspecified atom stereocenters. The van der Waals surface area contributed by atoms with Gasteiger partial charge in [0.2, 0.25) is 5.91 Å². The molecule has 32 heavy (non-hydrogen) atoms. The van der Waals surface area contributed by atoms with Crippen LogP contribution in [-0.2, 0) is 9.59 Å². The summed E-state index contributed by atoms with van der Waals surface area (Å²) in [5, 5.41) is 8.32. The molecule has 1 saturated heterocycles. The Morgan fingerprint density at radius 1 is 1.03 bits per heavy atom. The first-order valence-corrected chi connectivity index (χ1v) is 12.5. The molecule has 0 spiro atoms. The van der Waals surface area contributed by atoms with Crippen LogP contribution in [-0.4, -0.2) is 46.4 Å². The smallest absolute Gasteiger partial charge is 0.325 e. The highest BCUT2D eigenvalue weighted by Crippen LogP contribution is 2.55. The first-order chi connectivity index (χ1) is 15.2. The maximum absolute atomic E-state index is 12.8. The minimum absolute atomic E-state index is 0.0221. The van der Waals surface area contributed by atoms with Crippen LogP contribution in [0.2, 0.25) is 0 Å². The highest BCUT2D eigenvalue weighted by atomic mass is 16.2. The number of hydrogen-bond donors (Lipinski definition) is 3. The standard InChI is InChI=1S/C24H38N4O4/c1-3-4-5-6-8-23(2)20(30)28(22(32)27-23)9-7-19(29)25-21(31)26-24-13-16-10-17(14-24)12-18(11-16)15-24/h16-18H,3-15H2,1-2H3,(H,27,32)(H2,25,26,29,31). The molecule has 4 bridgehead atoms. The van der Waals surface area contributed by atoms with E-state index in [1.54, 1.807) is 6.92 Å². The van der Waals surface area contributed by atoms with Crippen LogP contribution in [0, 0.1) is 17.8 Å². The van der Waals surface area contributed by atoms with Crippen molar-refractivity contribution >= 4 is 23.9 Å². The molecule has 4 aliphatic carbocycles. The molecular formula is C24H38N4O4. The van der Waals surface area contributed by atoms with Gasteiger partial charge in [-0.1, -0.05) is 32.6 Å². The third-order valence-corrected chi connectivity index (χ3v) is 8.11. The molecule has 0 aromatic carbocycles. The molecule has 178 valence electrons. The Kier molecular flexibility index (Phi) is 6.50. The van der Waals surface area contributed by atoms with Crippen molar-refractivity contribution < 1.29 is 19.2 Å². The van der Waals surface area contributed by atoms with Gasteiger partial charge in [-0.15, -0.1) is 0 Å². The summed E-state index contributed by atoms with van der Waals surface area (Å²) < 4.78 is 0. The highest BCUT2D eigenvalue weighted by Gasteiger charge is 2.51. The van der Waals surface area contributed by atoms with E-state index in [4.69, 9.17) is 0 Å². The normalized spacial score (nSPS) is 35.2. The van der Waals surface area contributed by atoms with E-state index < -0.39 is 23.5 Å². The third kappa shape index (κ3) is 4.79. The second kappa shape index (κ2) is 9.02. The van der Waals surface area contributed by atoms with Crippen molar-refractivity contribution in [2.24, 2.45) is 17.8 Å². The molecule has 1 aliphatic heterocycles. The van der Waals surface area contributed by atoms with E-state index >= 15 is 0 Å². The number of nitrogens with zero attached hydrogens (tertiary/aromatic N) is 1. The predicted octanol–water partition coefficient (Wildman–Crippen LogP) is 3.45. The molecule has 8 nitrogen and oxygen atoms in total. The van der Waals surface area contributed by atoms with E-state index in [0.29, 0.717) is 24.2 Å². The van der Waals surface area contributed by atoms with Crippen LogP contribution in [0.4, 0.5) is 9.59 Å². The number of amides is 6. The van der Waals surface area contributed by atoms with Crippen molar-refractivity contribution in [2.45, 2.75) is 102 Å². The van der Waals surface area contributed by atoms with E-state index in [0.717, 1.165) is 49.8 Å². The van der Waals surface area contributed by atoms with Gasteiger partial charge in [-0.2, -0.15) is 0 Å². The van der Waals surface area contributed by atoms with Crippen LogP contribution in [0.15, 0.2) is 0 Å². The summed E-state index contributed by atoms with van der Waals surface area (Å²) in [7, 11) is 0. The molecule has 5 rings (SSSR count). The Bertz CT molecular complexity index is 747. The Labute approximate surface area is 190 Å². The lowest BCUT2D eigenvalue weighted by Gasteiger charge is -2.56. The van der Waals surface area contributed by atoms with Gasteiger partial charge in [-0.3, -0.25) is 19.8 Å². The predicted molar refractivity (Wildman–Crippen MR) is 120 cm³/mol. The van der Waals surface area contributed by atoms with Gasteiger partial charge in [0.15, 0.2) is 0 Å². The Balaban J connectivity index is 1.23. The van der Waals surface area contributed by atoms with Gasteiger partial charge < -0.3 is 10.6 Å². The summed E-state index contributed by atoms with van der Waals surface area (Å²) in [5.74, 6) is 1.35. The number of urea groups is 2. The molecule has 1 heterocycles. The van der Waals surface area contributed by atoms with Gasteiger partial charge in [0.25, 0.3) is 5.91 Å². The van der Waals surface area contributed by atoms with Crippen molar-refractivity contribution in [3.05, 3.63) is 0 Å². The van der Waals surface area contributed by atoms with Crippen molar-refractivity contribution in [3.8, 4) is 0 Å². The molecule has 0 radical (unpaired) electrons. The minimum Gasteiger partial charge on any atom is -0.332 e. The Hall–Kier alpha value is -2.12. The average Bonchev–Trinajstić information content (AvgIpc) is 2.90. The zero-order valence-corrected chi connectivity index (χ0v) is 19.5. The van der Waals surface area contributed by atoms with Crippen LogP contribution in [0.5, 0.6) is 0 Å². The van der Waals surface area contributed by atoms with E-state index in [1.807, 2.05) is 0 Å². The summed E-state index contributed by atoms with van der Waals surface area (Å²) in [4.78, 5) is 51.1. The monoisotopic (exact) mass is 446 g/mol. The lowest BCUT2D eigenvalue weighted by Crippen LogP contribution is -2.61. The van der Waals surface area contributed by atoms with E-state index in [-0.39, 0.29) is 24.4 Å². The van der Waals surface area contributed by atoms with Gasteiger partial charge in [-0.25, -0.2) is 9.59 Å². The molecule has 5 aliphatic rings. The summed E-state index contributed by atoms with van der Waals surface area (Å²) in [6.07, 6.45) is 11.5. The fourth-order valence-electron chi connectivity index (χ4n) is 6.96. The number of carbonyl (C=O) groups excluding carboxylic acids is 4. The van der Waals surface area contributed by atoms with Crippen molar-refractivity contribution in [1.82, 2.24) is 20.9 Å². The van der Waals surface area contributed by atoms with Crippen LogP contribution < -0.4 is 16.0 Å². The average molecular weight is 447 g/mol. The van der Waals surface area contributed by atoms with Gasteiger partial charge in [0.1, 0.15) is 5.54 Å². The fourth-order valence-corrected chi connectivity index (χ4v) is 6.96. The fraction of sp³-hybridized carbons (Fsp3) is 0.833. The summed E-state index contributed by atoms with van der Waals surface area (Å²) in [5.41, 5.74) is -1.07. The first-order valence-electron chi connectivity index (χ1n) is 12.5. The maximum Gasteiger partial charge on any atom is 0.325 e. The second-order valence-corrected chi connectivity index (χ2v) is 11.0. The summed E-state index contributed by atoms with van der Waals surface area (Å²) >= 11 is 0. The molecule has 8 heteroatoms. The zero-order valence-electron chi connectivity index (χ0n) is 19.5. The molecule has 0 aromatic rings. The van der Waals surface area contributed by atoms with Crippen LogP contribution in [0.3, 0.4) is 0 Å². The van der Waals surface area contributed by atoms with Crippen LogP contribution >= 0.6 is 0 Å². The van der Waals surface area contributed by atoms with Crippen LogP contribution in [0.1, 0.15) is 90.9 Å². The third-order valence-electron chi connectivity index (χ3n) is 8.11. The first kappa shape index (κ1) is 23.1. The summed E-state index contributed by atoms with van der Waals surface area (Å²) in [6, 6.07) is -0.909. The van der Waals surface area contributed by atoms with Crippen molar-refractivity contribution in [1.29, 1.82) is 0 Å². The number of imide groups is 2. The lowest BCUT2D eigenvalue weighted by atomic mass is 9.53. The van der Waals surface area contributed by atoms with E-state index in [2.05, 4.69) is 22.9 Å². The largest absolute Gasteiger partial charge is 0.332 e. The number of unbranched alkanes of at least 4 members (excludes halogenated alkanes) is 3. The number of hydrogen-bond acceptors (Lipinski definition) is 4. The van der Waals surface area contributed by atoms with E-state index in [9.17, 15) is 19.2 Å².